The summed E-state index contributed by atoms with van der Waals surface area (Å²) in [7, 11) is 3.02. The van der Waals surface area contributed by atoms with E-state index in [0.29, 0.717) is 17.1 Å². The first-order valence-corrected chi connectivity index (χ1v) is 8.06. The molecule has 0 spiro atoms. The van der Waals surface area contributed by atoms with E-state index in [1.54, 1.807) is 39.0 Å². The third-order valence-electron chi connectivity index (χ3n) is 3.36. The highest BCUT2D eigenvalue weighted by molar-refractivity contribution is 5.83. The number of rotatable bonds is 6. The van der Waals surface area contributed by atoms with Gasteiger partial charge in [0.25, 0.3) is 0 Å². The van der Waals surface area contributed by atoms with Crippen molar-refractivity contribution in [3.05, 3.63) is 39.9 Å². The van der Waals surface area contributed by atoms with Crippen molar-refractivity contribution in [1.82, 2.24) is 9.78 Å². The molecule has 146 valence electrons. The number of nitrogens with one attached hydrogen (secondary N) is 1. The summed E-state index contributed by atoms with van der Waals surface area (Å²) >= 11 is 0. The predicted octanol–water partition coefficient (Wildman–Crippen LogP) is 3.20. The van der Waals surface area contributed by atoms with Gasteiger partial charge in [-0.25, -0.2) is 4.79 Å². The molecule has 1 heterocycles. The Morgan fingerprint density at radius 1 is 1.22 bits per heavy atom. The van der Waals surface area contributed by atoms with Crippen LogP contribution in [0.4, 0.5) is 16.4 Å². The fourth-order valence-corrected chi connectivity index (χ4v) is 2.29. The van der Waals surface area contributed by atoms with Crippen LogP contribution >= 0.6 is 0 Å². The Kier molecular flexibility index (Phi) is 5.88. The second kappa shape index (κ2) is 7.94. The number of anilines is 1. The van der Waals surface area contributed by atoms with Crippen LogP contribution in [0.25, 0.3) is 0 Å². The summed E-state index contributed by atoms with van der Waals surface area (Å²) in [5.74, 6) is 0.799. The molecule has 1 N–H and O–H groups in total. The van der Waals surface area contributed by atoms with Crippen LogP contribution in [0.2, 0.25) is 0 Å². The van der Waals surface area contributed by atoms with Crippen LogP contribution < -0.4 is 14.8 Å². The van der Waals surface area contributed by atoms with Gasteiger partial charge >= 0.3 is 11.9 Å². The SMILES string of the molecule is COc1ccc(Cn2nc(NC(=O)OC(C)(C)C)cc2[N+](=O)[O-])cc1OC. The number of benzene rings is 1. The maximum atomic E-state index is 11.8. The van der Waals surface area contributed by atoms with Crippen molar-refractivity contribution in [2.45, 2.75) is 32.9 Å². The molecule has 0 fully saturated rings. The predicted molar refractivity (Wildman–Crippen MR) is 97.4 cm³/mol. The minimum Gasteiger partial charge on any atom is -0.493 e. The average molecular weight is 378 g/mol. The van der Waals surface area contributed by atoms with Crippen molar-refractivity contribution < 1.29 is 23.9 Å². The van der Waals surface area contributed by atoms with Gasteiger partial charge in [-0.2, -0.15) is 0 Å². The van der Waals surface area contributed by atoms with Crippen LogP contribution in [0.5, 0.6) is 11.5 Å². The fraction of sp³-hybridized carbons (Fsp3) is 0.412. The summed E-state index contributed by atoms with van der Waals surface area (Å²) in [5, 5.41) is 17.8. The standard InChI is InChI=1S/C17H22N4O6/c1-17(2,3)27-16(22)18-14-9-15(21(23)24)20(19-14)10-11-6-7-12(25-4)13(8-11)26-5/h6-9H,10H2,1-5H3,(H,18,19,22). The molecule has 2 aromatic rings. The van der Waals surface area contributed by atoms with Gasteiger partial charge in [0.15, 0.2) is 17.3 Å². The van der Waals surface area contributed by atoms with E-state index < -0.39 is 16.6 Å². The smallest absolute Gasteiger partial charge is 0.413 e. The zero-order valence-corrected chi connectivity index (χ0v) is 15.8. The molecule has 10 nitrogen and oxygen atoms in total. The van der Waals surface area contributed by atoms with Crippen molar-refractivity contribution >= 4 is 17.7 Å². The molecule has 0 saturated heterocycles. The number of ether oxygens (including phenoxy) is 3. The second-order valence-corrected chi connectivity index (χ2v) is 6.62. The van der Waals surface area contributed by atoms with Gasteiger partial charge in [0.1, 0.15) is 12.1 Å². The number of carbonyl (C=O) groups excluding carboxylic acids is 1. The molecule has 1 aromatic heterocycles. The minimum absolute atomic E-state index is 0.0245. The summed E-state index contributed by atoms with van der Waals surface area (Å²) in [5.41, 5.74) is 0.0146. The highest BCUT2D eigenvalue weighted by Crippen LogP contribution is 2.28. The van der Waals surface area contributed by atoms with E-state index >= 15 is 0 Å². The lowest BCUT2D eigenvalue weighted by Gasteiger charge is -2.18. The van der Waals surface area contributed by atoms with Gasteiger partial charge in [-0.05, 0) is 43.4 Å². The first-order chi connectivity index (χ1) is 12.6. The quantitative estimate of drug-likeness (QED) is 0.606. The van der Waals surface area contributed by atoms with Crippen molar-refractivity contribution in [3.63, 3.8) is 0 Å². The number of methoxy groups -OCH3 is 2. The lowest BCUT2D eigenvalue weighted by Crippen LogP contribution is -2.27. The number of aromatic nitrogens is 2. The summed E-state index contributed by atoms with van der Waals surface area (Å²) in [4.78, 5) is 22.6. The number of amides is 1. The minimum atomic E-state index is -0.742. The van der Waals surface area contributed by atoms with Crippen molar-refractivity contribution in [1.29, 1.82) is 0 Å². The van der Waals surface area contributed by atoms with Gasteiger partial charge in [-0.1, -0.05) is 11.2 Å². The maximum absolute atomic E-state index is 11.8. The maximum Gasteiger partial charge on any atom is 0.413 e. The van der Waals surface area contributed by atoms with Crippen LogP contribution in [0.15, 0.2) is 24.3 Å². The second-order valence-electron chi connectivity index (χ2n) is 6.62. The molecule has 0 atom stereocenters. The number of carbonyl (C=O) groups is 1. The summed E-state index contributed by atoms with van der Waals surface area (Å²) in [6.45, 7) is 5.24. The van der Waals surface area contributed by atoms with Gasteiger partial charge < -0.3 is 24.3 Å². The lowest BCUT2D eigenvalue weighted by molar-refractivity contribution is -0.392. The number of hydrogen-bond donors (Lipinski definition) is 1. The van der Waals surface area contributed by atoms with Gasteiger partial charge in [0.2, 0.25) is 0 Å². The molecular weight excluding hydrogens is 356 g/mol. The molecule has 2 rings (SSSR count). The zero-order chi connectivity index (χ0) is 20.2. The van der Waals surface area contributed by atoms with Crippen LogP contribution in [-0.2, 0) is 11.3 Å². The van der Waals surface area contributed by atoms with Gasteiger partial charge in [-0.3, -0.25) is 5.32 Å². The van der Waals surface area contributed by atoms with Crippen molar-refractivity contribution in [2.24, 2.45) is 0 Å². The molecule has 0 bridgehead atoms. The molecule has 0 radical (unpaired) electrons. The summed E-state index contributed by atoms with van der Waals surface area (Å²) in [6, 6.07) is 6.31. The largest absolute Gasteiger partial charge is 0.493 e. The van der Waals surface area contributed by atoms with E-state index in [0.717, 1.165) is 0 Å². The first-order valence-electron chi connectivity index (χ1n) is 8.06. The van der Waals surface area contributed by atoms with Crippen LogP contribution in [0.1, 0.15) is 26.3 Å². The van der Waals surface area contributed by atoms with E-state index in [2.05, 4.69) is 10.4 Å². The molecule has 0 aliphatic heterocycles. The molecule has 0 aliphatic carbocycles. The number of nitrogens with zero attached hydrogens (tertiary/aromatic N) is 3. The molecule has 1 amide bonds. The van der Waals surface area contributed by atoms with E-state index in [1.807, 2.05) is 0 Å². The van der Waals surface area contributed by atoms with Crippen molar-refractivity contribution in [2.75, 3.05) is 19.5 Å². The normalized spacial score (nSPS) is 11.0. The Balaban J connectivity index is 2.25. The zero-order valence-electron chi connectivity index (χ0n) is 15.8. The lowest BCUT2D eigenvalue weighted by atomic mass is 10.2. The Morgan fingerprint density at radius 2 is 1.89 bits per heavy atom. The molecule has 0 aliphatic rings. The van der Waals surface area contributed by atoms with E-state index in [9.17, 15) is 14.9 Å². The Labute approximate surface area is 156 Å². The third-order valence-corrected chi connectivity index (χ3v) is 3.36. The Bertz CT molecular complexity index is 840. The molecule has 0 unspecified atom stereocenters. The van der Waals surface area contributed by atoms with Gasteiger partial charge in [-0.15, -0.1) is 4.68 Å². The van der Waals surface area contributed by atoms with E-state index in [4.69, 9.17) is 14.2 Å². The summed E-state index contributed by atoms with van der Waals surface area (Å²) in [6.07, 6.45) is -0.742. The van der Waals surface area contributed by atoms with Crippen LogP contribution in [0.3, 0.4) is 0 Å². The molecule has 27 heavy (non-hydrogen) atoms. The Morgan fingerprint density at radius 3 is 2.44 bits per heavy atom. The molecule has 0 saturated carbocycles. The van der Waals surface area contributed by atoms with E-state index in [1.165, 1.54) is 25.0 Å². The number of nitro groups is 1. The third kappa shape index (κ3) is 5.33. The fourth-order valence-electron chi connectivity index (χ4n) is 2.29. The van der Waals surface area contributed by atoms with Crippen LogP contribution in [-0.4, -0.2) is 40.6 Å². The molecular formula is C17H22N4O6. The summed E-state index contributed by atoms with van der Waals surface area (Å²) < 4.78 is 16.7. The Hall–Kier alpha value is -3.30. The van der Waals surface area contributed by atoms with E-state index in [-0.39, 0.29) is 18.2 Å². The number of hydrogen-bond acceptors (Lipinski definition) is 7. The average Bonchev–Trinajstić information content (AvgIpc) is 2.95. The first kappa shape index (κ1) is 20.0. The van der Waals surface area contributed by atoms with Gasteiger partial charge in [0.05, 0.1) is 20.3 Å². The topological polar surface area (TPSA) is 118 Å². The monoisotopic (exact) mass is 378 g/mol. The molecule has 1 aromatic carbocycles. The highest BCUT2D eigenvalue weighted by Gasteiger charge is 2.23. The van der Waals surface area contributed by atoms with Gasteiger partial charge in [0, 0.05) is 0 Å². The highest BCUT2D eigenvalue weighted by atomic mass is 16.6. The molecule has 10 heteroatoms. The van der Waals surface area contributed by atoms with Crippen molar-refractivity contribution in [3.8, 4) is 11.5 Å². The van der Waals surface area contributed by atoms with Crippen LogP contribution in [0, 0.1) is 10.1 Å².